The summed E-state index contributed by atoms with van der Waals surface area (Å²) in [5.74, 6) is 0. The molecular weight excluding hydrogens is 158 g/mol. The Balaban J connectivity index is 0.000000671. The lowest BCUT2D eigenvalue weighted by molar-refractivity contribution is 1.16. The average Bonchev–Trinajstić information content (AvgIpc) is 2.06. The van der Waals surface area contributed by atoms with Gasteiger partial charge in [0.15, 0.2) is 0 Å². The second-order valence-corrected chi connectivity index (χ2v) is 2.88. The molecule has 0 spiro atoms. The van der Waals surface area contributed by atoms with Gasteiger partial charge in [-0.1, -0.05) is 38.1 Å². The van der Waals surface area contributed by atoms with Crippen molar-refractivity contribution in [1.29, 1.82) is 0 Å². The molecule has 0 radical (unpaired) electrons. The highest BCUT2D eigenvalue weighted by Gasteiger charge is 1.92. The smallest absolute Gasteiger partial charge is 0.0316 e. The summed E-state index contributed by atoms with van der Waals surface area (Å²) in [6.45, 7) is 9.86. The summed E-state index contributed by atoms with van der Waals surface area (Å²) in [5, 5.41) is 0. The van der Waals surface area contributed by atoms with Crippen molar-refractivity contribution in [3.8, 4) is 0 Å². The molecule has 1 rings (SSSR count). The maximum absolute atomic E-state index is 5.60. The van der Waals surface area contributed by atoms with Crippen molar-refractivity contribution in [2.75, 3.05) is 5.73 Å². The number of benzene rings is 1. The Morgan fingerprint density at radius 1 is 1.38 bits per heavy atom. The fourth-order valence-electron chi connectivity index (χ4n) is 1.05. The van der Waals surface area contributed by atoms with Gasteiger partial charge in [0.2, 0.25) is 0 Å². The van der Waals surface area contributed by atoms with Gasteiger partial charge < -0.3 is 5.73 Å². The first kappa shape index (κ1) is 11.8. The summed E-state index contributed by atoms with van der Waals surface area (Å²) in [6, 6.07) is 7.90. The molecule has 0 aliphatic rings. The standard InChI is InChI=1S/C10H13N.C2H6/c1-8(2)6-9-4-3-5-10(11)7-9;1-2/h3-5,7H,1,6,11H2,2H3;1-2H3. The molecule has 1 aromatic carbocycles. The number of allylic oxidation sites excluding steroid dienone is 1. The molecule has 1 nitrogen and oxygen atoms in total. The van der Waals surface area contributed by atoms with E-state index in [4.69, 9.17) is 5.73 Å². The molecular formula is C12H19N. The lowest BCUT2D eigenvalue weighted by atomic mass is 10.1. The fraction of sp³-hybridized carbons (Fsp3) is 0.333. The van der Waals surface area contributed by atoms with Crippen LogP contribution >= 0.6 is 0 Å². The van der Waals surface area contributed by atoms with Crippen molar-refractivity contribution in [3.05, 3.63) is 42.0 Å². The van der Waals surface area contributed by atoms with Crippen molar-refractivity contribution in [2.24, 2.45) is 0 Å². The molecule has 1 heteroatoms. The van der Waals surface area contributed by atoms with E-state index in [-0.39, 0.29) is 0 Å². The Hall–Kier alpha value is -1.24. The third-order valence-corrected chi connectivity index (χ3v) is 1.46. The largest absolute Gasteiger partial charge is 0.399 e. The van der Waals surface area contributed by atoms with Crippen LogP contribution in [-0.2, 0) is 6.42 Å². The van der Waals surface area contributed by atoms with E-state index in [1.165, 1.54) is 5.56 Å². The summed E-state index contributed by atoms with van der Waals surface area (Å²) >= 11 is 0. The number of hydrogen-bond acceptors (Lipinski definition) is 1. The quantitative estimate of drug-likeness (QED) is 0.543. The molecule has 13 heavy (non-hydrogen) atoms. The van der Waals surface area contributed by atoms with Gasteiger partial charge in [-0.3, -0.25) is 0 Å². The van der Waals surface area contributed by atoms with Gasteiger partial charge in [-0.2, -0.15) is 0 Å². The number of rotatable bonds is 2. The van der Waals surface area contributed by atoms with Crippen LogP contribution in [0.3, 0.4) is 0 Å². The van der Waals surface area contributed by atoms with E-state index < -0.39 is 0 Å². The highest BCUT2D eigenvalue weighted by Crippen LogP contribution is 2.09. The van der Waals surface area contributed by atoms with Crippen molar-refractivity contribution < 1.29 is 0 Å². The molecule has 0 heterocycles. The molecule has 0 bridgehead atoms. The van der Waals surface area contributed by atoms with Crippen LogP contribution < -0.4 is 5.73 Å². The minimum atomic E-state index is 0.823. The second kappa shape index (κ2) is 6.30. The normalized spacial score (nSPS) is 8.54. The summed E-state index contributed by atoms with van der Waals surface area (Å²) < 4.78 is 0. The lowest BCUT2D eigenvalue weighted by Crippen LogP contribution is -1.88. The molecule has 0 aliphatic heterocycles. The summed E-state index contributed by atoms with van der Waals surface area (Å²) in [7, 11) is 0. The third-order valence-electron chi connectivity index (χ3n) is 1.46. The fourth-order valence-corrected chi connectivity index (χ4v) is 1.05. The zero-order valence-electron chi connectivity index (χ0n) is 8.80. The Morgan fingerprint density at radius 2 is 2.00 bits per heavy atom. The minimum Gasteiger partial charge on any atom is -0.399 e. The van der Waals surface area contributed by atoms with Gasteiger partial charge in [0, 0.05) is 5.69 Å². The molecule has 72 valence electrons. The maximum Gasteiger partial charge on any atom is 0.0316 e. The van der Waals surface area contributed by atoms with Crippen LogP contribution in [0.15, 0.2) is 36.4 Å². The number of nitrogens with two attached hydrogens (primary N) is 1. The van der Waals surface area contributed by atoms with Gasteiger partial charge in [-0.15, -0.1) is 0 Å². The maximum atomic E-state index is 5.60. The van der Waals surface area contributed by atoms with Crippen LogP contribution in [0.1, 0.15) is 26.3 Å². The Labute approximate surface area is 81.3 Å². The molecule has 0 unspecified atom stereocenters. The van der Waals surface area contributed by atoms with Gasteiger partial charge in [-0.05, 0) is 31.0 Å². The summed E-state index contributed by atoms with van der Waals surface area (Å²) in [4.78, 5) is 0. The number of hydrogen-bond donors (Lipinski definition) is 1. The van der Waals surface area contributed by atoms with Gasteiger partial charge in [0.05, 0.1) is 0 Å². The molecule has 0 fully saturated rings. The first-order chi connectivity index (χ1) is 6.18. The lowest BCUT2D eigenvalue weighted by Gasteiger charge is -2.00. The predicted molar refractivity (Wildman–Crippen MR) is 60.7 cm³/mol. The van der Waals surface area contributed by atoms with Crippen LogP contribution in [0, 0.1) is 0 Å². The average molecular weight is 177 g/mol. The molecule has 0 atom stereocenters. The molecule has 0 aromatic heterocycles. The topological polar surface area (TPSA) is 26.0 Å². The van der Waals surface area contributed by atoms with Gasteiger partial charge in [0.1, 0.15) is 0 Å². The molecule has 0 amide bonds. The highest BCUT2D eigenvalue weighted by molar-refractivity contribution is 5.41. The zero-order chi connectivity index (χ0) is 10.3. The number of nitrogen functional groups attached to an aromatic ring is 1. The van der Waals surface area contributed by atoms with Crippen LogP contribution in [0.2, 0.25) is 0 Å². The Morgan fingerprint density at radius 3 is 2.46 bits per heavy atom. The van der Waals surface area contributed by atoms with Crippen molar-refractivity contribution in [3.63, 3.8) is 0 Å². The Kier molecular flexibility index (Phi) is 5.69. The van der Waals surface area contributed by atoms with E-state index in [0.717, 1.165) is 17.7 Å². The van der Waals surface area contributed by atoms with Gasteiger partial charge >= 0.3 is 0 Å². The van der Waals surface area contributed by atoms with Crippen LogP contribution in [0.5, 0.6) is 0 Å². The summed E-state index contributed by atoms with van der Waals surface area (Å²) in [6.07, 6.45) is 0.922. The van der Waals surface area contributed by atoms with Crippen molar-refractivity contribution in [2.45, 2.75) is 27.2 Å². The Bertz CT molecular complexity index is 264. The SMILES string of the molecule is C=C(C)Cc1cccc(N)c1.CC. The first-order valence-electron chi connectivity index (χ1n) is 4.67. The van der Waals surface area contributed by atoms with E-state index in [1.54, 1.807) is 0 Å². The minimum absolute atomic E-state index is 0.823. The van der Waals surface area contributed by atoms with Crippen molar-refractivity contribution in [1.82, 2.24) is 0 Å². The van der Waals surface area contributed by atoms with E-state index in [2.05, 4.69) is 12.6 Å². The van der Waals surface area contributed by atoms with Crippen molar-refractivity contribution >= 4 is 5.69 Å². The van der Waals surface area contributed by atoms with Crippen LogP contribution in [0.25, 0.3) is 0 Å². The zero-order valence-corrected chi connectivity index (χ0v) is 8.80. The molecule has 1 aromatic rings. The highest BCUT2D eigenvalue weighted by atomic mass is 14.5. The third kappa shape index (κ3) is 5.07. The molecule has 0 aliphatic carbocycles. The van der Waals surface area contributed by atoms with Gasteiger partial charge in [0.25, 0.3) is 0 Å². The molecule has 0 saturated carbocycles. The molecule has 2 N–H and O–H groups in total. The second-order valence-electron chi connectivity index (χ2n) is 2.88. The van der Waals surface area contributed by atoms with Crippen LogP contribution in [0.4, 0.5) is 5.69 Å². The first-order valence-corrected chi connectivity index (χ1v) is 4.67. The number of anilines is 1. The predicted octanol–water partition coefficient (Wildman–Crippen LogP) is 3.41. The van der Waals surface area contributed by atoms with E-state index in [0.29, 0.717) is 0 Å². The van der Waals surface area contributed by atoms with E-state index in [9.17, 15) is 0 Å². The van der Waals surface area contributed by atoms with E-state index in [1.807, 2.05) is 39.0 Å². The van der Waals surface area contributed by atoms with Gasteiger partial charge in [-0.25, -0.2) is 0 Å². The molecule has 0 saturated heterocycles. The van der Waals surface area contributed by atoms with Crippen LogP contribution in [-0.4, -0.2) is 0 Å². The monoisotopic (exact) mass is 177 g/mol. The van der Waals surface area contributed by atoms with E-state index >= 15 is 0 Å². The summed E-state index contributed by atoms with van der Waals surface area (Å²) in [5.41, 5.74) is 8.82.